The molecule has 0 bridgehead atoms. The molecule has 0 unspecified atom stereocenters. The van der Waals surface area contributed by atoms with Crippen molar-refractivity contribution in [2.75, 3.05) is 0 Å². The predicted octanol–water partition coefficient (Wildman–Crippen LogP) is 11.2. The van der Waals surface area contributed by atoms with E-state index in [9.17, 15) is 20.1 Å². The van der Waals surface area contributed by atoms with Crippen molar-refractivity contribution in [3.63, 3.8) is 0 Å². The Morgan fingerprint density at radius 3 is 1.07 bits per heavy atom. The van der Waals surface area contributed by atoms with Crippen LogP contribution >= 0.6 is 0 Å². The summed E-state index contributed by atoms with van der Waals surface area (Å²) < 4.78 is 0. The molecule has 0 aliphatic heterocycles. The van der Waals surface area contributed by atoms with Gasteiger partial charge in [-0.2, -0.15) is 0 Å². The molecule has 1 radical (unpaired) electrons. The van der Waals surface area contributed by atoms with E-state index >= 15 is 0 Å². The second-order valence-electron chi connectivity index (χ2n) is 17.5. The van der Waals surface area contributed by atoms with Crippen molar-refractivity contribution >= 4 is 38.9 Å². The van der Waals surface area contributed by atoms with E-state index in [4.69, 9.17) is 0 Å². The topological polar surface area (TPSA) is 170 Å². The molecule has 14 heteroatoms. The minimum absolute atomic E-state index is 0. The zero-order chi connectivity index (χ0) is 47.7. The Morgan fingerprint density at radius 1 is 0.456 bits per heavy atom. The van der Waals surface area contributed by atoms with E-state index < -0.39 is 0 Å². The second-order valence-corrected chi connectivity index (χ2v) is 17.5. The van der Waals surface area contributed by atoms with Crippen LogP contribution in [0.4, 0.5) is 0 Å². The summed E-state index contributed by atoms with van der Waals surface area (Å²) in [7, 11) is 0. The van der Waals surface area contributed by atoms with Crippen LogP contribution in [0, 0.1) is 83.6 Å². The monoisotopic (exact) mass is 988 g/mol. The van der Waals surface area contributed by atoms with E-state index in [1.807, 2.05) is 101 Å². The first-order chi connectivity index (χ1) is 31.3. The number of aromatic hydroxyl groups is 3. The summed E-state index contributed by atoms with van der Waals surface area (Å²) in [6.45, 7) is 25.7. The van der Waals surface area contributed by atoms with Gasteiger partial charge in [-0.25, -0.2) is 0 Å². The number of phenolic OH excluding ortho intramolecular Hbond substituents is 3. The maximum Gasteiger partial charge on any atom is 0.146 e. The summed E-state index contributed by atoms with van der Waals surface area (Å²) in [6.07, 6.45) is 2.58. The molecule has 0 fully saturated rings. The molecule has 9 aromatic rings. The molecule has 3 heterocycles. The van der Waals surface area contributed by atoms with Crippen molar-refractivity contribution in [2.45, 2.75) is 102 Å². The van der Waals surface area contributed by atoms with Gasteiger partial charge in [0.1, 0.15) is 73.2 Å². The Morgan fingerprint density at radius 2 is 0.750 bits per heavy atom. The molecule has 13 nitrogen and oxygen atoms in total. The van der Waals surface area contributed by atoms with Gasteiger partial charge in [0.05, 0.1) is 0 Å². The minimum Gasteiger partial charge on any atom is -0.505 e. The maximum absolute atomic E-state index is 11.7. The first-order valence-electron chi connectivity index (χ1n) is 22.1. The van der Waals surface area contributed by atoms with Crippen LogP contribution in [0.3, 0.4) is 0 Å². The number of rotatable bonds is 8. The van der Waals surface area contributed by atoms with E-state index in [0.29, 0.717) is 22.6 Å². The van der Waals surface area contributed by atoms with Gasteiger partial charge in [0, 0.05) is 39.1 Å². The molecule has 9 rings (SSSR count). The number of aromatic nitrogens is 9. The third-order valence-corrected chi connectivity index (χ3v) is 12.0. The van der Waals surface area contributed by atoms with Crippen LogP contribution < -0.4 is 0 Å². The molecule has 6 aromatic carbocycles. The predicted molar refractivity (Wildman–Crippen MR) is 268 cm³/mol. The average Bonchev–Trinajstić information content (AvgIpc) is 3.99. The molecule has 3 N–H and O–H groups in total. The number of fused-ring (bicyclic) bond motifs is 3. The Hall–Kier alpha value is -6.31. The van der Waals surface area contributed by atoms with Gasteiger partial charge in [0.25, 0.3) is 0 Å². The standard InChI is InChI=1S/C19H20N3O2.C18H21N3O.C16H17N3O.CH3.Y/c1-5-15(23)9-14-6-13(4)19(24)18(10-14)22-20-16-7-11(2)12(3)8-17(16)21-22;1-5-6-14-7-13(4)18(22)17(10-14)21-19-15-8-11(2)12(3)9-16(15)20-21;1-9-5-12(4)16(20)15(6-9)19-17-13-7-10(2)11(3)8-14(13)18-19;;/h6-8,10,24H,1,5,9H2,2-4H3;7-10,22H,5-6H2,1-4H3;5-8,20H,1-4H3;1H3;/q-1;;;-1;. The van der Waals surface area contributed by atoms with E-state index in [2.05, 4.69) is 72.1 Å². The van der Waals surface area contributed by atoms with Gasteiger partial charge >= 0.3 is 0 Å². The molecule has 3 aromatic heterocycles. The summed E-state index contributed by atoms with van der Waals surface area (Å²) in [5.74, 6) is 0.642. The molecule has 0 aliphatic carbocycles. The van der Waals surface area contributed by atoms with Gasteiger partial charge in [-0.05, 0) is 197 Å². The van der Waals surface area contributed by atoms with E-state index in [-0.39, 0.29) is 76.0 Å². The summed E-state index contributed by atoms with van der Waals surface area (Å²) in [5, 5.41) is 58.0. The number of benzene rings is 6. The first kappa shape index (κ1) is 52.7. The van der Waals surface area contributed by atoms with Gasteiger partial charge < -0.3 is 34.5 Å². The van der Waals surface area contributed by atoms with Gasteiger partial charge in [-0.15, -0.1) is 51.4 Å². The molecule has 0 saturated carbocycles. The normalized spacial score (nSPS) is 10.9. The van der Waals surface area contributed by atoms with Crippen molar-refractivity contribution in [3.8, 4) is 34.3 Å². The number of nitrogens with zero attached hydrogens (tertiary/aromatic N) is 9. The zero-order valence-corrected chi connectivity index (χ0v) is 44.2. The molecule has 0 amide bonds. The van der Waals surface area contributed by atoms with Gasteiger partial charge in [0.15, 0.2) is 0 Å². The second kappa shape index (κ2) is 21.8. The minimum atomic E-state index is 0. The Kier molecular flexibility index (Phi) is 16.9. The van der Waals surface area contributed by atoms with E-state index in [1.54, 1.807) is 17.8 Å². The first-order valence-corrected chi connectivity index (χ1v) is 22.1. The molecular formula is C54H61N9O4Y-2. The molecule has 0 saturated heterocycles. The number of carbonyl (C=O) groups is 1. The van der Waals surface area contributed by atoms with Crippen LogP contribution in [-0.4, -0.2) is 66.1 Å². The molecule has 0 atom stereocenters. The van der Waals surface area contributed by atoms with E-state index in [0.717, 1.165) is 79.3 Å². The van der Waals surface area contributed by atoms with Crippen LogP contribution in [-0.2, 0) is 50.3 Å². The SMILES string of the molecule is CCCc1cc(C)c(O)c(-n2nc3cc(C)c(C)cc3n2)c1.Cc1cc(C)c(O)c(-n2nc3cc(C)c(C)cc3n2)c1.[CH2-]CC(=O)Cc1cc(C)c(O)c(-n2nc3cc(C)c(C)cc3n2)c1.[CH3-].[Y]. The third kappa shape index (κ3) is 11.3. The number of hydrogen-bond donors (Lipinski definition) is 3. The summed E-state index contributed by atoms with van der Waals surface area (Å²) in [6, 6.07) is 23.5. The Labute approximate surface area is 424 Å². The molecule has 0 aliphatic rings. The van der Waals surface area contributed by atoms with Crippen LogP contribution in [0.5, 0.6) is 17.2 Å². The van der Waals surface area contributed by atoms with Crippen molar-refractivity contribution in [3.05, 3.63) is 154 Å². The Bertz CT molecular complexity index is 3190. The fraction of sp³-hybridized carbons (Fsp3) is 0.278. The van der Waals surface area contributed by atoms with Crippen molar-refractivity contribution < 1.29 is 52.8 Å². The van der Waals surface area contributed by atoms with Crippen LogP contribution in [0.25, 0.3) is 50.2 Å². The summed E-state index contributed by atoms with van der Waals surface area (Å²) in [4.78, 5) is 16.2. The van der Waals surface area contributed by atoms with Crippen LogP contribution in [0.2, 0.25) is 0 Å². The van der Waals surface area contributed by atoms with Crippen LogP contribution in [0.1, 0.15) is 86.5 Å². The zero-order valence-electron chi connectivity index (χ0n) is 41.3. The fourth-order valence-corrected chi connectivity index (χ4v) is 7.75. The van der Waals surface area contributed by atoms with Gasteiger partial charge in [-0.3, -0.25) is 0 Å². The summed E-state index contributed by atoms with van der Waals surface area (Å²) >= 11 is 0. The number of phenols is 3. The number of Topliss-reactive ketones (excluding diaryl/α,β-unsaturated/α-hetero) is 1. The number of carbonyl (C=O) groups excluding carboxylic acids is 1. The van der Waals surface area contributed by atoms with Crippen molar-refractivity contribution in [1.29, 1.82) is 0 Å². The van der Waals surface area contributed by atoms with E-state index in [1.165, 1.54) is 37.4 Å². The quantitative estimate of drug-likeness (QED) is 0.125. The van der Waals surface area contributed by atoms with Crippen LogP contribution in [0.15, 0.2) is 72.8 Å². The van der Waals surface area contributed by atoms with Crippen molar-refractivity contribution in [2.24, 2.45) is 0 Å². The third-order valence-electron chi connectivity index (χ3n) is 12.0. The number of ketones is 1. The van der Waals surface area contributed by atoms with Gasteiger partial charge in [-0.1, -0.05) is 31.5 Å². The number of hydrogen-bond acceptors (Lipinski definition) is 10. The summed E-state index contributed by atoms with van der Waals surface area (Å²) in [5.41, 5.74) is 19.2. The Balaban J connectivity index is 0.000000189. The smallest absolute Gasteiger partial charge is 0.146 e. The average molecular weight is 989 g/mol. The number of aryl methyl sites for hydroxylation is 11. The largest absolute Gasteiger partial charge is 0.505 e. The van der Waals surface area contributed by atoms with Gasteiger partial charge in [0.2, 0.25) is 0 Å². The molecule has 0 spiro atoms. The fourth-order valence-electron chi connectivity index (χ4n) is 7.75. The molecular weight excluding hydrogens is 928 g/mol. The van der Waals surface area contributed by atoms with Crippen molar-refractivity contribution in [1.82, 2.24) is 45.0 Å². The maximum atomic E-state index is 11.7. The molecule has 351 valence electrons. The molecule has 68 heavy (non-hydrogen) atoms.